The molecular weight excluding hydrogens is 124 g/mol. The van der Waals surface area contributed by atoms with Crippen molar-refractivity contribution in [1.29, 1.82) is 0 Å². The molecule has 4 heteroatoms. The molecule has 0 saturated carbocycles. The predicted octanol–water partition coefficient (Wildman–Crippen LogP) is 0.0242. The molecule has 0 unspecified atom stereocenters. The van der Waals surface area contributed by atoms with E-state index in [1.807, 2.05) is 0 Å². The zero-order valence-corrected chi connectivity index (χ0v) is 4.87. The number of carboxylic acids is 1. The van der Waals surface area contributed by atoms with Crippen LogP contribution in [0.25, 0.3) is 0 Å². The summed E-state index contributed by atoms with van der Waals surface area (Å²) < 4.78 is 4.24. The van der Waals surface area contributed by atoms with Gasteiger partial charge in [0.2, 0.25) is 0 Å². The number of carbonyl (C=O) groups is 2. The fourth-order valence-electron chi connectivity index (χ4n) is 0.355. The van der Waals surface area contributed by atoms with Crippen LogP contribution in [-0.2, 0) is 14.3 Å². The van der Waals surface area contributed by atoms with E-state index < -0.39 is 5.97 Å². The van der Waals surface area contributed by atoms with E-state index in [4.69, 9.17) is 5.11 Å². The second-order valence-electron chi connectivity index (χ2n) is 1.46. The lowest BCUT2D eigenvalue weighted by molar-refractivity contribution is -0.138. The van der Waals surface area contributed by atoms with E-state index in [9.17, 15) is 9.59 Å². The maximum atomic E-state index is 9.82. The van der Waals surface area contributed by atoms with Crippen molar-refractivity contribution in [1.82, 2.24) is 0 Å². The van der Waals surface area contributed by atoms with Gasteiger partial charge in [-0.3, -0.25) is 9.59 Å². The summed E-state index contributed by atoms with van der Waals surface area (Å²) in [6, 6.07) is 0. The normalized spacial score (nSPS) is 8.44. The molecule has 0 rings (SSSR count). The SMILES string of the molecule is O=COCCCC(=O)O. The summed E-state index contributed by atoms with van der Waals surface area (Å²) in [6.45, 7) is 0.498. The highest BCUT2D eigenvalue weighted by atomic mass is 16.5. The minimum atomic E-state index is -0.871. The van der Waals surface area contributed by atoms with Gasteiger partial charge in [-0.15, -0.1) is 0 Å². The van der Waals surface area contributed by atoms with Crippen LogP contribution >= 0.6 is 0 Å². The Morgan fingerprint density at radius 3 is 2.78 bits per heavy atom. The fraction of sp³-hybridized carbons (Fsp3) is 0.600. The Bertz CT molecular complexity index is 99.1. The lowest BCUT2D eigenvalue weighted by atomic mass is 10.3. The monoisotopic (exact) mass is 132 g/mol. The molecule has 0 amide bonds. The van der Waals surface area contributed by atoms with Gasteiger partial charge in [-0.05, 0) is 6.42 Å². The van der Waals surface area contributed by atoms with Crippen molar-refractivity contribution in [2.24, 2.45) is 0 Å². The molecule has 4 nitrogen and oxygen atoms in total. The van der Waals surface area contributed by atoms with Crippen LogP contribution < -0.4 is 0 Å². The molecule has 0 aliphatic heterocycles. The van der Waals surface area contributed by atoms with E-state index in [1.54, 1.807) is 0 Å². The number of hydrogen-bond acceptors (Lipinski definition) is 3. The minimum absolute atomic E-state index is 0.0494. The van der Waals surface area contributed by atoms with Crippen molar-refractivity contribution in [3.05, 3.63) is 0 Å². The van der Waals surface area contributed by atoms with Gasteiger partial charge in [-0.1, -0.05) is 0 Å². The lowest BCUT2D eigenvalue weighted by Crippen LogP contribution is -1.98. The van der Waals surface area contributed by atoms with Gasteiger partial charge in [0.15, 0.2) is 0 Å². The van der Waals surface area contributed by atoms with E-state index in [0.717, 1.165) is 0 Å². The highest BCUT2D eigenvalue weighted by molar-refractivity contribution is 5.66. The van der Waals surface area contributed by atoms with Gasteiger partial charge in [0, 0.05) is 6.42 Å². The summed E-state index contributed by atoms with van der Waals surface area (Å²) in [5.74, 6) is -0.871. The first-order chi connectivity index (χ1) is 4.27. The van der Waals surface area contributed by atoms with Gasteiger partial charge in [-0.25, -0.2) is 0 Å². The first-order valence-corrected chi connectivity index (χ1v) is 2.54. The molecule has 0 aromatic rings. The van der Waals surface area contributed by atoms with Gasteiger partial charge in [0.25, 0.3) is 6.47 Å². The average Bonchev–Trinajstić information content (AvgIpc) is 1.80. The molecule has 0 heterocycles. The Kier molecular flexibility index (Phi) is 4.49. The molecule has 0 aliphatic rings. The first kappa shape index (κ1) is 7.94. The van der Waals surface area contributed by atoms with Crippen LogP contribution in [0.5, 0.6) is 0 Å². The van der Waals surface area contributed by atoms with Crippen LogP contribution in [0.3, 0.4) is 0 Å². The summed E-state index contributed by atoms with van der Waals surface area (Å²) >= 11 is 0. The number of ether oxygens (including phenoxy) is 1. The number of aliphatic carboxylic acids is 1. The first-order valence-electron chi connectivity index (χ1n) is 2.54. The summed E-state index contributed by atoms with van der Waals surface area (Å²) in [7, 11) is 0. The average molecular weight is 132 g/mol. The maximum absolute atomic E-state index is 9.82. The third kappa shape index (κ3) is 6.94. The molecule has 0 saturated heterocycles. The topological polar surface area (TPSA) is 63.6 Å². The summed E-state index contributed by atoms with van der Waals surface area (Å²) in [4.78, 5) is 19.3. The quantitative estimate of drug-likeness (QED) is 0.423. The Balaban J connectivity index is 2.91. The van der Waals surface area contributed by atoms with E-state index in [1.165, 1.54) is 0 Å². The zero-order valence-electron chi connectivity index (χ0n) is 4.87. The lowest BCUT2D eigenvalue weighted by Gasteiger charge is -1.92. The molecule has 0 spiro atoms. The standard InChI is InChI=1S/C5H8O4/c6-4-9-3-1-2-5(7)8/h4H,1-3H2,(H,7,8). The molecule has 0 aromatic carbocycles. The van der Waals surface area contributed by atoms with Crippen LogP contribution in [0.1, 0.15) is 12.8 Å². The second-order valence-corrected chi connectivity index (χ2v) is 1.46. The molecule has 52 valence electrons. The Hall–Kier alpha value is -1.06. The zero-order chi connectivity index (χ0) is 7.11. The largest absolute Gasteiger partial charge is 0.481 e. The molecule has 0 aromatic heterocycles. The minimum Gasteiger partial charge on any atom is -0.481 e. The highest BCUT2D eigenvalue weighted by Crippen LogP contribution is 1.87. The van der Waals surface area contributed by atoms with Crippen LogP contribution in [0.4, 0.5) is 0 Å². The van der Waals surface area contributed by atoms with E-state index in [0.29, 0.717) is 12.9 Å². The van der Waals surface area contributed by atoms with Crippen LogP contribution in [-0.4, -0.2) is 24.2 Å². The van der Waals surface area contributed by atoms with Crippen molar-refractivity contribution < 1.29 is 19.4 Å². The highest BCUT2D eigenvalue weighted by Gasteiger charge is 1.94. The van der Waals surface area contributed by atoms with E-state index in [-0.39, 0.29) is 13.0 Å². The maximum Gasteiger partial charge on any atom is 0.303 e. The molecule has 0 bridgehead atoms. The molecule has 0 radical (unpaired) electrons. The van der Waals surface area contributed by atoms with Crippen LogP contribution in [0.2, 0.25) is 0 Å². The van der Waals surface area contributed by atoms with E-state index in [2.05, 4.69) is 4.74 Å². The van der Waals surface area contributed by atoms with Gasteiger partial charge in [0.05, 0.1) is 6.61 Å². The second kappa shape index (κ2) is 5.08. The molecule has 9 heavy (non-hydrogen) atoms. The van der Waals surface area contributed by atoms with Crippen LogP contribution in [0, 0.1) is 0 Å². The summed E-state index contributed by atoms with van der Waals surface area (Å²) in [5, 5.41) is 8.07. The van der Waals surface area contributed by atoms with Crippen molar-refractivity contribution in [2.75, 3.05) is 6.61 Å². The predicted molar refractivity (Wildman–Crippen MR) is 28.9 cm³/mol. The number of rotatable bonds is 5. The van der Waals surface area contributed by atoms with Gasteiger partial charge in [-0.2, -0.15) is 0 Å². The summed E-state index contributed by atoms with van der Waals surface area (Å²) in [5.41, 5.74) is 0. The molecule has 0 aliphatic carbocycles. The third-order valence-electron chi connectivity index (χ3n) is 0.721. The van der Waals surface area contributed by atoms with Gasteiger partial charge in [0.1, 0.15) is 0 Å². The number of hydrogen-bond donors (Lipinski definition) is 1. The van der Waals surface area contributed by atoms with Crippen LogP contribution in [0.15, 0.2) is 0 Å². The van der Waals surface area contributed by atoms with Crippen molar-refractivity contribution in [2.45, 2.75) is 12.8 Å². The third-order valence-corrected chi connectivity index (χ3v) is 0.721. The smallest absolute Gasteiger partial charge is 0.303 e. The van der Waals surface area contributed by atoms with Gasteiger partial charge >= 0.3 is 5.97 Å². The number of carbonyl (C=O) groups excluding carboxylic acids is 1. The van der Waals surface area contributed by atoms with Crippen molar-refractivity contribution >= 4 is 12.4 Å². The molecule has 0 fully saturated rings. The van der Waals surface area contributed by atoms with Gasteiger partial charge < -0.3 is 9.84 Å². The van der Waals surface area contributed by atoms with E-state index >= 15 is 0 Å². The molecule has 1 N–H and O–H groups in total. The number of carboxylic acid groups (broad SMARTS) is 1. The summed E-state index contributed by atoms with van der Waals surface area (Å²) in [6.07, 6.45) is 0.432. The van der Waals surface area contributed by atoms with Crippen molar-refractivity contribution in [3.8, 4) is 0 Å². The molecular formula is C5H8O4. The fourth-order valence-corrected chi connectivity index (χ4v) is 0.355. The molecule has 0 atom stereocenters. The van der Waals surface area contributed by atoms with Crippen molar-refractivity contribution in [3.63, 3.8) is 0 Å². The Labute approximate surface area is 52.4 Å². The Morgan fingerprint density at radius 1 is 1.67 bits per heavy atom. The Morgan fingerprint density at radius 2 is 2.33 bits per heavy atom.